The van der Waals surface area contributed by atoms with Crippen molar-refractivity contribution in [3.8, 4) is 44.5 Å². The van der Waals surface area contributed by atoms with Gasteiger partial charge in [-0.05, 0) is 115 Å². The van der Waals surface area contributed by atoms with Gasteiger partial charge in [0.2, 0.25) is 0 Å². The van der Waals surface area contributed by atoms with E-state index in [1.54, 1.807) is 0 Å². The van der Waals surface area contributed by atoms with E-state index in [9.17, 15) is 0 Å². The van der Waals surface area contributed by atoms with Crippen LogP contribution in [0.2, 0.25) is 0 Å². The molecule has 9 aromatic rings. The summed E-state index contributed by atoms with van der Waals surface area (Å²) in [6, 6.07) is 80.6. The highest BCUT2D eigenvalue weighted by atomic mass is 15.2. The second-order valence-corrected chi connectivity index (χ2v) is 19.1. The van der Waals surface area contributed by atoms with Crippen molar-refractivity contribution < 1.29 is 0 Å². The van der Waals surface area contributed by atoms with E-state index in [1.165, 1.54) is 78.2 Å². The van der Waals surface area contributed by atoms with E-state index in [4.69, 9.17) is 15.7 Å². The smallest absolute Gasteiger partial charge is 0.157 e. The molecule has 2 N–H and O–H groups in total. The molecular weight excluding hydrogens is 849 g/mol. The summed E-state index contributed by atoms with van der Waals surface area (Å²) in [5, 5.41) is 0. The number of amidine groups is 2. The second-order valence-electron chi connectivity index (χ2n) is 19.1. The molecule has 0 fully saturated rings. The van der Waals surface area contributed by atoms with Gasteiger partial charge in [0.1, 0.15) is 5.84 Å². The summed E-state index contributed by atoms with van der Waals surface area (Å²) >= 11 is 0. The van der Waals surface area contributed by atoms with Crippen LogP contribution in [0.25, 0.3) is 50.1 Å². The van der Waals surface area contributed by atoms with Crippen molar-refractivity contribution in [1.29, 1.82) is 0 Å². The van der Waals surface area contributed by atoms with E-state index in [0.29, 0.717) is 18.2 Å². The molecule has 0 bridgehead atoms. The van der Waals surface area contributed by atoms with Crippen molar-refractivity contribution in [2.75, 3.05) is 4.90 Å². The Kier molecular flexibility index (Phi) is 10.9. The molecule has 1 atom stereocenters. The zero-order valence-corrected chi connectivity index (χ0v) is 39.4. The van der Waals surface area contributed by atoms with Crippen LogP contribution in [0.3, 0.4) is 0 Å². The number of benzene rings is 9. The Labute approximate surface area is 411 Å². The number of allylic oxidation sites excluding steroid dienone is 4. The first-order valence-corrected chi connectivity index (χ1v) is 24.3. The van der Waals surface area contributed by atoms with Crippen LogP contribution in [0.4, 0.5) is 11.4 Å². The van der Waals surface area contributed by atoms with E-state index in [-0.39, 0.29) is 11.3 Å². The van der Waals surface area contributed by atoms with Crippen LogP contribution in [0.15, 0.2) is 252 Å². The number of anilines is 2. The monoisotopic (exact) mass is 900 g/mol. The Morgan fingerprint density at radius 2 is 1.16 bits per heavy atom. The molecule has 0 spiro atoms. The molecule has 9 aromatic carbocycles. The molecular formula is C66H52N4. The molecule has 0 saturated carbocycles. The molecule has 12 rings (SSSR count). The Bertz CT molecular complexity index is 3580. The molecule has 3 aliphatic rings. The van der Waals surface area contributed by atoms with E-state index in [1.807, 2.05) is 48.5 Å². The molecule has 2 aliphatic carbocycles. The van der Waals surface area contributed by atoms with Gasteiger partial charge in [-0.3, -0.25) is 4.99 Å². The molecule has 0 saturated heterocycles. The van der Waals surface area contributed by atoms with Crippen molar-refractivity contribution in [2.24, 2.45) is 15.7 Å². The van der Waals surface area contributed by atoms with E-state index >= 15 is 0 Å². The maximum atomic E-state index is 6.72. The van der Waals surface area contributed by atoms with Gasteiger partial charge in [0, 0.05) is 45.1 Å². The summed E-state index contributed by atoms with van der Waals surface area (Å²) in [5.74, 6) is 1.14. The van der Waals surface area contributed by atoms with Crippen molar-refractivity contribution in [3.05, 3.63) is 281 Å². The molecule has 4 heteroatoms. The zero-order valence-electron chi connectivity index (χ0n) is 39.4. The van der Waals surface area contributed by atoms with E-state index < -0.39 is 0 Å². The molecule has 1 aliphatic heterocycles. The maximum Gasteiger partial charge on any atom is 0.157 e. The number of nitrogens with two attached hydrogens (primary N) is 1. The third-order valence-electron chi connectivity index (χ3n) is 14.4. The predicted octanol–water partition coefficient (Wildman–Crippen LogP) is 16.0. The standard InChI is InChI=1S/C66H52N4/c1-66(2)60-36-13-12-31-56(60)57-34-17-32-54(62(57)66)50-27-14-25-47(39-50)49-37-38-61-59(42-49)58-35-18-33-55(63(58)70(61)53-30-16-26-48(41-53)45-21-8-4-9-22-45)51-28-15-29-52(40-51)65(68-43-44-19-6-3-7-20-44)69-64(67)46-23-10-5-11-24-46/h3-34,36-42,58H,35,43H2,1-2H3,(H2,67,68,69). The van der Waals surface area contributed by atoms with Gasteiger partial charge in [0.05, 0.1) is 6.54 Å². The Balaban J connectivity index is 0.980. The lowest BCUT2D eigenvalue weighted by Crippen LogP contribution is -2.17. The minimum atomic E-state index is -0.110. The van der Waals surface area contributed by atoms with Gasteiger partial charge in [-0.1, -0.05) is 214 Å². The van der Waals surface area contributed by atoms with Gasteiger partial charge >= 0.3 is 0 Å². The lowest BCUT2D eigenvalue weighted by Gasteiger charge is -2.28. The van der Waals surface area contributed by atoms with Gasteiger partial charge < -0.3 is 10.6 Å². The number of fused-ring (bicyclic) bond motifs is 6. The first-order chi connectivity index (χ1) is 34.4. The summed E-state index contributed by atoms with van der Waals surface area (Å²) in [4.78, 5) is 12.6. The van der Waals surface area contributed by atoms with Crippen molar-refractivity contribution in [3.63, 3.8) is 0 Å². The molecule has 70 heavy (non-hydrogen) atoms. The Morgan fingerprint density at radius 1 is 0.543 bits per heavy atom. The topological polar surface area (TPSA) is 54.0 Å². The van der Waals surface area contributed by atoms with Crippen LogP contribution in [-0.2, 0) is 12.0 Å². The van der Waals surface area contributed by atoms with Gasteiger partial charge in [-0.2, -0.15) is 0 Å². The number of rotatable bonds is 9. The zero-order chi connectivity index (χ0) is 47.2. The highest BCUT2D eigenvalue weighted by Crippen LogP contribution is 2.55. The summed E-state index contributed by atoms with van der Waals surface area (Å²) < 4.78 is 0. The minimum Gasteiger partial charge on any atom is -0.383 e. The first-order valence-electron chi connectivity index (χ1n) is 24.3. The average molecular weight is 901 g/mol. The predicted molar refractivity (Wildman–Crippen MR) is 293 cm³/mol. The van der Waals surface area contributed by atoms with Gasteiger partial charge in [-0.25, -0.2) is 4.99 Å². The minimum absolute atomic E-state index is 0.110. The number of aliphatic imine (C=N–C) groups is 2. The maximum absolute atomic E-state index is 6.72. The lowest BCUT2D eigenvalue weighted by atomic mass is 9.78. The fourth-order valence-electron chi connectivity index (χ4n) is 11.1. The normalized spacial score (nSPS) is 15.6. The fraction of sp³-hybridized carbons (Fsp3) is 0.0909. The largest absolute Gasteiger partial charge is 0.383 e. The summed E-state index contributed by atoms with van der Waals surface area (Å²) in [7, 11) is 0. The molecule has 1 unspecified atom stereocenters. The highest BCUT2D eigenvalue weighted by Gasteiger charge is 2.39. The van der Waals surface area contributed by atoms with E-state index in [2.05, 4.69) is 207 Å². The quantitative estimate of drug-likeness (QED) is 0.116. The van der Waals surface area contributed by atoms with Crippen molar-refractivity contribution >= 4 is 28.6 Å². The summed E-state index contributed by atoms with van der Waals surface area (Å²) in [6.45, 7) is 5.22. The van der Waals surface area contributed by atoms with Gasteiger partial charge in [0.15, 0.2) is 5.84 Å². The van der Waals surface area contributed by atoms with Crippen LogP contribution < -0.4 is 10.6 Å². The van der Waals surface area contributed by atoms with Crippen LogP contribution >= 0.6 is 0 Å². The van der Waals surface area contributed by atoms with Crippen molar-refractivity contribution in [2.45, 2.75) is 38.1 Å². The lowest BCUT2D eigenvalue weighted by molar-refractivity contribution is 0.662. The van der Waals surface area contributed by atoms with Crippen molar-refractivity contribution in [1.82, 2.24) is 0 Å². The second kappa shape index (κ2) is 17.8. The third-order valence-corrected chi connectivity index (χ3v) is 14.4. The molecule has 4 nitrogen and oxygen atoms in total. The average Bonchev–Trinajstić information content (AvgIpc) is 3.88. The Hall–Kier alpha value is -8.60. The first kappa shape index (κ1) is 42.7. The molecule has 336 valence electrons. The summed E-state index contributed by atoms with van der Waals surface area (Å²) in [6.07, 6.45) is 5.55. The number of hydrogen-bond donors (Lipinski definition) is 1. The van der Waals surface area contributed by atoms with Gasteiger partial charge in [0.25, 0.3) is 0 Å². The van der Waals surface area contributed by atoms with Crippen LogP contribution in [0.1, 0.15) is 65.1 Å². The van der Waals surface area contributed by atoms with Crippen LogP contribution in [0, 0.1) is 0 Å². The van der Waals surface area contributed by atoms with E-state index in [0.717, 1.165) is 34.4 Å². The number of hydrogen-bond acceptors (Lipinski definition) is 2. The van der Waals surface area contributed by atoms with Gasteiger partial charge in [-0.15, -0.1) is 0 Å². The molecule has 0 amide bonds. The number of nitrogens with zero attached hydrogens (tertiary/aromatic N) is 3. The highest BCUT2D eigenvalue weighted by molar-refractivity contribution is 6.11. The molecule has 0 aromatic heterocycles. The van der Waals surface area contributed by atoms with Crippen LogP contribution in [-0.4, -0.2) is 11.7 Å². The third kappa shape index (κ3) is 7.68. The summed E-state index contributed by atoms with van der Waals surface area (Å²) in [5.41, 5.74) is 29.5. The van der Waals surface area contributed by atoms with Crippen LogP contribution in [0.5, 0.6) is 0 Å². The molecule has 0 radical (unpaired) electrons. The molecule has 1 heterocycles. The SMILES string of the molecule is CC1(C)c2ccccc2-c2cccc(-c3cccc(-c4ccc5c(c4)C4CC=CC(c6cccc(C(N=C(N)c7ccccc7)=NCc7ccccc7)c6)=C4N5c4cccc(-c5ccccc5)c4)c3)c21. The Morgan fingerprint density at radius 3 is 1.99 bits per heavy atom. The fourth-order valence-corrected chi connectivity index (χ4v) is 11.1.